The smallest absolute Gasteiger partial charge is 0.336 e. The van der Waals surface area contributed by atoms with Gasteiger partial charge in [0.05, 0.1) is 38.4 Å². The average Bonchev–Trinajstić information content (AvgIpc) is 2.60. The highest BCUT2D eigenvalue weighted by molar-refractivity contribution is 5.92. The largest absolute Gasteiger partial charge is 0.492 e. The Morgan fingerprint density at radius 2 is 1.69 bits per heavy atom. The highest BCUT2D eigenvalue weighted by Crippen LogP contribution is 2.47. The molecule has 1 N–H and O–H groups in total. The van der Waals surface area contributed by atoms with E-state index in [0.717, 1.165) is 0 Å². The number of ether oxygens (including phenoxy) is 4. The molecule has 144 valence electrons. The Kier molecular flexibility index (Phi) is 6.15. The Bertz CT molecular complexity index is 823. The minimum atomic E-state index is -0.872. The fourth-order valence-corrected chi connectivity index (χ4v) is 2.98. The van der Waals surface area contributed by atoms with E-state index in [1.165, 1.54) is 27.4 Å². The molecule has 0 fully saturated rings. The maximum Gasteiger partial charge on any atom is 0.336 e. The summed E-state index contributed by atoms with van der Waals surface area (Å²) in [4.78, 5) is 11.8. The summed E-state index contributed by atoms with van der Waals surface area (Å²) >= 11 is 0. The van der Waals surface area contributed by atoms with E-state index in [0.29, 0.717) is 40.4 Å². The van der Waals surface area contributed by atoms with Crippen LogP contribution in [-0.4, -0.2) is 44.7 Å². The van der Waals surface area contributed by atoms with Crippen LogP contribution in [0.3, 0.4) is 0 Å². The predicted octanol–water partition coefficient (Wildman–Crippen LogP) is 2.54. The van der Waals surface area contributed by atoms with Gasteiger partial charge in [0.2, 0.25) is 5.75 Å². The average molecular weight is 366 g/mol. The summed E-state index contributed by atoms with van der Waals surface area (Å²) in [6.45, 7) is 5.92. The summed E-state index contributed by atoms with van der Waals surface area (Å²) in [5.41, 5.74) is -0.503. The van der Waals surface area contributed by atoms with Crippen LogP contribution in [0.15, 0.2) is 21.3 Å². The molecule has 0 unspecified atom stereocenters. The fraction of sp³-hybridized carbons (Fsp3) is 0.526. The molecule has 2 rings (SSSR count). The van der Waals surface area contributed by atoms with Gasteiger partial charge in [-0.1, -0.05) is 0 Å². The first-order valence-electron chi connectivity index (χ1n) is 8.37. The molecule has 0 amide bonds. The first-order valence-corrected chi connectivity index (χ1v) is 8.37. The Labute approximate surface area is 152 Å². The zero-order chi connectivity index (χ0) is 19.5. The highest BCUT2D eigenvalue weighted by Gasteiger charge is 2.32. The van der Waals surface area contributed by atoms with Crippen molar-refractivity contribution >= 4 is 11.0 Å². The first kappa shape index (κ1) is 20.1. The molecule has 1 heterocycles. The van der Waals surface area contributed by atoms with Gasteiger partial charge in [0.25, 0.3) is 0 Å². The molecule has 0 bridgehead atoms. The molecular formula is C19H26O7. The quantitative estimate of drug-likeness (QED) is 0.718. The van der Waals surface area contributed by atoms with E-state index < -0.39 is 17.3 Å². The molecule has 0 saturated carbocycles. The van der Waals surface area contributed by atoms with Crippen LogP contribution < -0.4 is 19.8 Å². The Balaban J connectivity index is 2.74. The zero-order valence-electron chi connectivity index (χ0n) is 16.0. The summed E-state index contributed by atoms with van der Waals surface area (Å²) in [5, 5.41) is 11.3. The third-order valence-corrected chi connectivity index (χ3v) is 4.37. The number of aliphatic hydroxyl groups excluding tert-OH is 1. The lowest BCUT2D eigenvalue weighted by molar-refractivity contribution is -0.0955. The molecule has 0 aliphatic rings. The second-order valence-electron chi connectivity index (χ2n) is 6.33. The van der Waals surface area contributed by atoms with Gasteiger partial charge in [0.15, 0.2) is 11.5 Å². The lowest BCUT2D eigenvalue weighted by Crippen LogP contribution is -2.40. The van der Waals surface area contributed by atoms with Crippen molar-refractivity contribution in [3.05, 3.63) is 28.1 Å². The number of methoxy groups -OCH3 is 3. The summed E-state index contributed by atoms with van der Waals surface area (Å²) in [5.74, 6) is 1.11. The Morgan fingerprint density at radius 3 is 2.23 bits per heavy atom. The first-order chi connectivity index (χ1) is 12.3. The Hall–Kier alpha value is -2.25. The monoisotopic (exact) mass is 366 g/mol. The lowest BCUT2D eigenvalue weighted by Gasteiger charge is -2.31. The van der Waals surface area contributed by atoms with Crippen LogP contribution >= 0.6 is 0 Å². The maximum absolute atomic E-state index is 11.8. The number of hydrogen-bond acceptors (Lipinski definition) is 7. The van der Waals surface area contributed by atoms with Crippen molar-refractivity contribution in [3.8, 4) is 17.2 Å². The SMILES string of the molecule is CCOC(C)(C)[C@@H](O)Cc1c(OC)c(OC)c(OC)c2ccc(=O)oc12. The van der Waals surface area contributed by atoms with Crippen molar-refractivity contribution in [1.29, 1.82) is 0 Å². The summed E-state index contributed by atoms with van der Waals surface area (Å²) in [7, 11) is 4.47. The number of rotatable bonds is 8. The highest BCUT2D eigenvalue weighted by atomic mass is 16.5. The van der Waals surface area contributed by atoms with Crippen LogP contribution in [0, 0.1) is 0 Å². The van der Waals surface area contributed by atoms with Crippen molar-refractivity contribution in [3.63, 3.8) is 0 Å². The molecule has 26 heavy (non-hydrogen) atoms. The van der Waals surface area contributed by atoms with Gasteiger partial charge in [0, 0.05) is 24.7 Å². The molecule has 0 aliphatic carbocycles. The van der Waals surface area contributed by atoms with Crippen LogP contribution in [0.5, 0.6) is 17.2 Å². The molecule has 0 aliphatic heterocycles. The van der Waals surface area contributed by atoms with Gasteiger partial charge in [-0.05, 0) is 26.8 Å². The molecule has 7 heteroatoms. The minimum absolute atomic E-state index is 0.139. The maximum atomic E-state index is 11.8. The van der Waals surface area contributed by atoms with Crippen LogP contribution in [-0.2, 0) is 11.2 Å². The van der Waals surface area contributed by atoms with Gasteiger partial charge < -0.3 is 28.5 Å². The van der Waals surface area contributed by atoms with E-state index in [9.17, 15) is 9.90 Å². The fourth-order valence-electron chi connectivity index (χ4n) is 2.98. The molecule has 2 aromatic rings. The van der Waals surface area contributed by atoms with Crippen molar-refractivity contribution in [2.75, 3.05) is 27.9 Å². The molecule has 1 aromatic carbocycles. The summed E-state index contributed by atoms with van der Waals surface area (Å²) in [6, 6.07) is 2.91. The van der Waals surface area contributed by atoms with Crippen LogP contribution in [0.25, 0.3) is 11.0 Å². The van der Waals surface area contributed by atoms with Crippen molar-refractivity contribution in [2.24, 2.45) is 0 Å². The van der Waals surface area contributed by atoms with Gasteiger partial charge >= 0.3 is 5.63 Å². The Morgan fingerprint density at radius 1 is 1.08 bits per heavy atom. The lowest BCUT2D eigenvalue weighted by atomic mass is 9.93. The third-order valence-electron chi connectivity index (χ3n) is 4.37. The van der Waals surface area contributed by atoms with Gasteiger partial charge in [0.1, 0.15) is 5.58 Å². The number of fused-ring (bicyclic) bond motifs is 1. The van der Waals surface area contributed by atoms with Gasteiger partial charge in [-0.25, -0.2) is 4.79 Å². The topological polar surface area (TPSA) is 87.4 Å². The van der Waals surface area contributed by atoms with Crippen LogP contribution in [0.4, 0.5) is 0 Å². The minimum Gasteiger partial charge on any atom is -0.492 e. The van der Waals surface area contributed by atoms with Crippen molar-refractivity contribution < 1.29 is 28.5 Å². The second-order valence-corrected chi connectivity index (χ2v) is 6.33. The predicted molar refractivity (Wildman–Crippen MR) is 97.6 cm³/mol. The van der Waals surface area contributed by atoms with Crippen LogP contribution in [0.1, 0.15) is 26.3 Å². The molecular weight excluding hydrogens is 340 g/mol. The van der Waals surface area contributed by atoms with E-state index in [4.69, 9.17) is 23.4 Å². The molecule has 1 aromatic heterocycles. The van der Waals surface area contributed by atoms with E-state index in [1.54, 1.807) is 19.9 Å². The van der Waals surface area contributed by atoms with Gasteiger partial charge in [-0.2, -0.15) is 0 Å². The molecule has 1 atom stereocenters. The molecule has 0 spiro atoms. The van der Waals surface area contributed by atoms with E-state index >= 15 is 0 Å². The van der Waals surface area contributed by atoms with Crippen molar-refractivity contribution in [1.82, 2.24) is 0 Å². The normalized spacial score (nSPS) is 12.9. The van der Waals surface area contributed by atoms with Crippen LogP contribution in [0.2, 0.25) is 0 Å². The number of hydrogen-bond donors (Lipinski definition) is 1. The molecule has 0 saturated heterocycles. The van der Waals surface area contributed by atoms with Gasteiger partial charge in [-0.3, -0.25) is 0 Å². The zero-order valence-corrected chi connectivity index (χ0v) is 16.0. The standard InChI is InChI=1S/C19H26O7/c1-7-25-19(2,3)13(20)10-12-15-11(8-9-14(21)26-15)16(22-4)18(24-6)17(12)23-5/h8-9,13,20H,7,10H2,1-6H3/t13-/m0/s1. The second kappa shape index (κ2) is 7.97. The van der Waals surface area contributed by atoms with E-state index in [1.807, 2.05) is 6.92 Å². The number of benzene rings is 1. The van der Waals surface area contributed by atoms with Crippen molar-refractivity contribution in [2.45, 2.75) is 38.9 Å². The molecule has 0 radical (unpaired) electrons. The summed E-state index contributed by atoms with van der Waals surface area (Å²) < 4.78 is 27.5. The van der Waals surface area contributed by atoms with Gasteiger partial charge in [-0.15, -0.1) is 0 Å². The van der Waals surface area contributed by atoms with E-state index in [-0.39, 0.29) is 6.42 Å². The summed E-state index contributed by atoms with van der Waals surface area (Å²) in [6.07, 6.45) is -0.733. The third kappa shape index (κ3) is 3.64. The molecule has 7 nitrogen and oxygen atoms in total. The van der Waals surface area contributed by atoms with E-state index in [2.05, 4.69) is 0 Å². The number of aliphatic hydroxyl groups is 1.